The number of fused-ring (bicyclic) bond motifs is 2. The van der Waals surface area contributed by atoms with Crippen molar-refractivity contribution in [3.63, 3.8) is 0 Å². The van der Waals surface area contributed by atoms with Gasteiger partial charge in [0.15, 0.2) is 0 Å². The molecule has 1 aromatic carbocycles. The first-order valence-electron chi connectivity index (χ1n) is 9.93. The van der Waals surface area contributed by atoms with Gasteiger partial charge in [0.1, 0.15) is 11.7 Å². The second-order valence-electron chi connectivity index (χ2n) is 9.06. The first-order chi connectivity index (χ1) is 12.7. The van der Waals surface area contributed by atoms with Gasteiger partial charge in [-0.15, -0.1) is 0 Å². The summed E-state index contributed by atoms with van der Waals surface area (Å²) >= 11 is 0. The molecule has 5 heterocycles. The molecule has 4 unspecified atom stereocenters. The molecule has 3 saturated heterocycles. The third kappa shape index (κ3) is 1.29. The topological polar surface area (TPSA) is 52.6 Å². The van der Waals surface area contributed by atoms with Gasteiger partial charge in [-0.05, 0) is 25.3 Å². The van der Waals surface area contributed by atoms with E-state index in [1.54, 1.807) is 0 Å². The van der Waals surface area contributed by atoms with Crippen LogP contribution in [-0.2, 0) is 14.9 Å². The Balaban J connectivity index is 1.58. The molecule has 6 aliphatic rings. The van der Waals surface area contributed by atoms with Crippen molar-refractivity contribution in [2.75, 3.05) is 19.7 Å². The van der Waals surface area contributed by atoms with E-state index in [-0.39, 0.29) is 35.8 Å². The smallest absolute Gasteiger partial charge is 0.321 e. The minimum atomic E-state index is -0.727. The Labute approximate surface area is 152 Å². The Hall–Kier alpha value is -1.53. The number of hydrogen-bond donors (Lipinski definition) is 0. The molecular weight excluding hydrogens is 328 g/mol. The van der Waals surface area contributed by atoms with Crippen molar-refractivity contribution in [3.05, 3.63) is 46.7 Å². The molecule has 4 fully saturated rings. The van der Waals surface area contributed by atoms with Gasteiger partial charge in [-0.1, -0.05) is 29.8 Å². The van der Waals surface area contributed by atoms with Crippen LogP contribution in [0.2, 0.25) is 0 Å². The minimum Gasteiger partial charge on any atom is -0.619 e. The molecular formula is C21H22N2O3. The number of para-hydroxylation sites is 1. The van der Waals surface area contributed by atoms with E-state index in [2.05, 4.69) is 17.0 Å². The van der Waals surface area contributed by atoms with E-state index in [4.69, 9.17) is 4.74 Å². The van der Waals surface area contributed by atoms with Crippen LogP contribution in [0.4, 0.5) is 5.69 Å². The average molecular weight is 350 g/mol. The molecule has 1 amide bonds. The fourth-order valence-electron chi connectivity index (χ4n) is 7.79. The summed E-state index contributed by atoms with van der Waals surface area (Å²) in [5.41, 5.74) is 3.18. The molecule has 5 nitrogen and oxygen atoms in total. The molecule has 0 radical (unpaired) electrons. The first-order valence-corrected chi connectivity index (χ1v) is 9.93. The highest BCUT2D eigenvalue weighted by atomic mass is 16.6. The summed E-state index contributed by atoms with van der Waals surface area (Å²) in [7, 11) is 0. The van der Waals surface area contributed by atoms with Gasteiger partial charge < -0.3 is 9.94 Å². The Morgan fingerprint density at radius 3 is 3.12 bits per heavy atom. The van der Waals surface area contributed by atoms with E-state index in [0.717, 1.165) is 37.2 Å². The highest BCUT2D eigenvalue weighted by molar-refractivity contribution is 5.95. The minimum absolute atomic E-state index is 0.0919. The molecule has 5 aliphatic heterocycles. The van der Waals surface area contributed by atoms with E-state index in [1.807, 2.05) is 18.2 Å². The molecule has 26 heavy (non-hydrogen) atoms. The first kappa shape index (κ1) is 14.5. The molecule has 7 atom stereocenters. The van der Waals surface area contributed by atoms with Crippen LogP contribution in [-0.4, -0.2) is 48.7 Å². The quantitative estimate of drug-likeness (QED) is 0.408. The van der Waals surface area contributed by atoms with Gasteiger partial charge in [0, 0.05) is 30.1 Å². The van der Waals surface area contributed by atoms with Crippen molar-refractivity contribution >= 4 is 11.6 Å². The van der Waals surface area contributed by atoms with E-state index in [0.29, 0.717) is 18.6 Å². The Bertz CT molecular complexity index is 897. The average Bonchev–Trinajstić information content (AvgIpc) is 3.08. The second kappa shape index (κ2) is 4.30. The van der Waals surface area contributed by atoms with Crippen LogP contribution in [0.25, 0.3) is 0 Å². The summed E-state index contributed by atoms with van der Waals surface area (Å²) in [6.45, 7) is 2.64. The van der Waals surface area contributed by atoms with Crippen LogP contribution in [0, 0.1) is 17.0 Å². The lowest BCUT2D eigenvalue weighted by molar-refractivity contribution is -0.153. The number of amides is 1. The van der Waals surface area contributed by atoms with Crippen molar-refractivity contribution < 1.29 is 9.53 Å². The van der Waals surface area contributed by atoms with E-state index >= 15 is 0 Å². The monoisotopic (exact) mass is 350 g/mol. The molecule has 1 aromatic rings. The van der Waals surface area contributed by atoms with Crippen LogP contribution < -0.4 is 4.65 Å². The summed E-state index contributed by atoms with van der Waals surface area (Å²) in [4.78, 5) is 15.8. The summed E-state index contributed by atoms with van der Waals surface area (Å²) < 4.78 is 5.44. The lowest BCUT2D eigenvalue weighted by Crippen LogP contribution is -2.74. The summed E-state index contributed by atoms with van der Waals surface area (Å²) in [5, 5.41) is 14.3. The van der Waals surface area contributed by atoms with Crippen molar-refractivity contribution in [2.24, 2.45) is 11.8 Å². The zero-order valence-electron chi connectivity index (χ0n) is 14.6. The van der Waals surface area contributed by atoms with Crippen molar-refractivity contribution in [1.82, 2.24) is 9.55 Å². The number of hydrogen-bond acceptors (Lipinski definition) is 4. The molecule has 134 valence electrons. The zero-order valence-corrected chi connectivity index (χ0v) is 14.6. The number of quaternary nitrogens is 1. The lowest BCUT2D eigenvalue weighted by Gasteiger charge is -2.61. The second-order valence-corrected chi connectivity index (χ2v) is 9.06. The summed E-state index contributed by atoms with van der Waals surface area (Å²) in [6, 6.07) is 8.23. The van der Waals surface area contributed by atoms with Crippen LogP contribution >= 0.6 is 0 Å². The molecule has 0 aromatic heterocycles. The number of hydroxylamine groups is 2. The number of piperidine rings is 2. The summed E-state index contributed by atoms with van der Waals surface area (Å²) in [6.07, 6.45) is 4.54. The largest absolute Gasteiger partial charge is 0.619 e. The maximum atomic E-state index is 14.3. The highest BCUT2D eigenvalue weighted by Crippen LogP contribution is 2.67. The normalized spacial score (nSPS) is 50.3. The van der Waals surface area contributed by atoms with Gasteiger partial charge in [0.2, 0.25) is 0 Å². The van der Waals surface area contributed by atoms with E-state index < -0.39 is 4.65 Å². The summed E-state index contributed by atoms with van der Waals surface area (Å²) in [5.74, 6) is 0.388. The third-order valence-corrected chi connectivity index (χ3v) is 8.53. The predicted octanol–water partition coefficient (Wildman–Crippen LogP) is 2.09. The van der Waals surface area contributed by atoms with Gasteiger partial charge in [0.25, 0.3) is 0 Å². The zero-order chi connectivity index (χ0) is 17.3. The molecule has 1 saturated carbocycles. The van der Waals surface area contributed by atoms with Gasteiger partial charge in [-0.2, -0.15) is 0 Å². The number of benzene rings is 1. The Morgan fingerprint density at radius 2 is 2.19 bits per heavy atom. The van der Waals surface area contributed by atoms with Crippen LogP contribution in [0.15, 0.2) is 35.9 Å². The maximum absolute atomic E-state index is 14.3. The van der Waals surface area contributed by atoms with Crippen molar-refractivity contribution in [2.45, 2.75) is 42.9 Å². The van der Waals surface area contributed by atoms with Crippen molar-refractivity contribution in [3.8, 4) is 0 Å². The SMILES string of the molecule is O=C1CC2OCC=C3CN4CC[C@]56c7ccccc7[N+]1([O-])C5C2[C@H]3C[C@H]46. The van der Waals surface area contributed by atoms with E-state index in [9.17, 15) is 10.0 Å². The highest BCUT2D eigenvalue weighted by Gasteiger charge is 2.76. The standard InChI is InChI=1S/C21H22N2O3/c24-18-10-16-19-13-9-17-21(6-7-22(17)11-12(13)5-8-26-16)14-3-1-2-4-15(14)23(18,25)20(19)21/h1-5,13,16-17,19-20H,6-11H2/t13-,16?,17-,19?,20?,21+,23?/m0/s1. The predicted molar refractivity (Wildman–Crippen MR) is 96.1 cm³/mol. The van der Waals surface area contributed by atoms with Gasteiger partial charge in [0.05, 0.1) is 24.5 Å². The maximum Gasteiger partial charge on any atom is 0.321 e. The van der Waals surface area contributed by atoms with Crippen LogP contribution in [0.1, 0.15) is 24.8 Å². The van der Waals surface area contributed by atoms with Gasteiger partial charge in [-0.25, -0.2) is 4.79 Å². The molecule has 1 spiro atoms. The van der Waals surface area contributed by atoms with Crippen molar-refractivity contribution in [1.29, 1.82) is 0 Å². The van der Waals surface area contributed by atoms with Gasteiger partial charge >= 0.3 is 5.91 Å². The van der Waals surface area contributed by atoms with E-state index in [1.165, 1.54) is 5.57 Å². The Morgan fingerprint density at radius 1 is 1.31 bits per heavy atom. The molecule has 7 rings (SSSR count). The molecule has 1 aliphatic carbocycles. The Kier molecular flexibility index (Phi) is 2.40. The molecule has 5 heteroatoms. The fraction of sp³-hybridized carbons (Fsp3) is 0.571. The molecule has 0 N–H and O–H groups in total. The fourth-order valence-corrected chi connectivity index (χ4v) is 7.79. The number of carbonyl (C=O) groups excluding carboxylic acids is 1. The number of ether oxygens (including phenoxy) is 1. The van der Waals surface area contributed by atoms with Gasteiger partial charge in [-0.3, -0.25) is 9.55 Å². The van der Waals surface area contributed by atoms with Crippen LogP contribution in [0.3, 0.4) is 0 Å². The van der Waals surface area contributed by atoms with Crippen LogP contribution in [0.5, 0.6) is 0 Å². The number of rotatable bonds is 0. The number of carbonyl (C=O) groups is 1. The molecule has 2 bridgehead atoms. The third-order valence-electron chi connectivity index (χ3n) is 8.53. The lowest BCUT2D eigenvalue weighted by atomic mass is 9.53. The number of nitrogens with zero attached hydrogens (tertiary/aromatic N) is 2.